The lowest BCUT2D eigenvalue weighted by molar-refractivity contribution is 0.0799. The van der Waals surface area contributed by atoms with Gasteiger partial charge in [0.15, 0.2) is 0 Å². The van der Waals surface area contributed by atoms with E-state index >= 15 is 0 Å². The molecule has 1 aliphatic rings. The Bertz CT molecular complexity index is 203. The maximum absolute atomic E-state index is 3.54. The maximum atomic E-state index is 3.54. The highest BCUT2D eigenvalue weighted by Crippen LogP contribution is 2.24. The Balaban J connectivity index is 2.62. The van der Waals surface area contributed by atoms with Crippen LogP contribution in [0, 0.1) is 23.7 Å². The van der Waals surface area contributed by atoms with Crippen LogP contribution in [0.2, 0.25) is 0 Å². The van der Waals surface area contributed by atoms with Crippen molar-refractivity contribution in [1.29, 1.82) is 0 Å². The van der Waals surface area contributed by atoms with E-state index in [4.69, 9.17) is 0 Å². The van der Waals surface area contributed by atoms with Crippen molar-refractivity contribution in [1.82, 2.24) is 10.2 Å². The van der Waals surface area contributed by atoms with Crippen LogP contribution in [-0.2, 0) is 0 Å². The van der Waals surface area contributed by atoms with E-state index < -0.39 is 0 Å². The van der Waals surface area contributed by atoms with Gasteiger partial charge >= 0.3 is 0 Å². The largest absolute Gasteiger partial charge is 0.314 e. The summed E-state index contributed by atoms with van der Waals surface area (Å²) in [6, 6.07) is 0.726. The molecule has 102 valence electrons. The quantitative estimate of drug-likeness (QED) is 0.795. The van der Waals surface area contributed by atoms with E-state index in [1.807, 2.05) is 0 Å². The summed E-state index contributed by atoms with van der Waals surface area (Å²) in [5.74, 6) is 3.16. The molecule has 0 spiro atoms. The van der Waals surface area contributed by atoms with Gasteiger partial charge in [0.1, 0.15) is 0 Å². The number of nitrogens with one attached hydrogen (secondary N) is 1. The molecule has 0 aromatic heterocycles. The lowest BCUT2D eigenvalue weighted by Gasteiger charge is -2.42. The van der Waals surface area contributed by atoms with Gasteiger partial charge in [-0.1, -0.05) is 41.5 Å². The molecule has 1 N–H and O–H groups in total. The normalized spacial score (nSPS) is 23.3. The molecule has 0 saturated carbocycles. The van der Waals surface area contributed by atoms with E-state index in [9.17, 15) is 0 Å². The molecule has 0 radical (unpaired) electrons. The number of rotatable bonds is 5. The van der Waals surface area contributed by atoms with Crippen LogP contribution in [0.15, 0.2) is 0 Å². The van der Waals surface area contributed by atoms with Crippen LogP contribution in [-0.4, -0.2) is 37.1 Å². The first-order valence-corrected chi connectivity index (χ1v) is 7.38. The van der Waals surface area contributed by atoms with Crippen LogP contribution >= 0.6 is 0 Å². The Morgan fingerprint density at radius 3 is 2.12 bits per heavy atom. The summed E-state index contributed by atoms with van der Waals surface area (Å²) in [6.07, 6.45) is 0. The van der Waals surface area contributed by atoms with Gasteiger partial charge in [-0.15, -0.1) is 0 Å². The molecular formula is C15H32N2. The van der Waals surface area contributed by atoms with Gasteiger partial charge in [-0.3, -0.25) is 4.90 Å². The molecule has 2 heteroatoms. The van der Waals surface area contributed by atoms with E-state index in [0.717, 1.165) is 36.3 Å². The Morgan fingerprint density at radius 2 is 1.65 bits per heavy atom. The zero-order valence-corrected chi connectivity index (χ0v) is 12.7. The minimum absolute atomic E-state index is 0.726. The van der Waals surface area contributed by atoms with Crippen molar-refractivity contribution in [3.05, 3.63) is 0 Å². The van der Waals surface area contributed by atoms with Gasteiger partial charge in [0, 0.05) is 32.2 Å². The Morgan fingerprint density at radius 1 is 1.06 bits per heavy atom. The van der Waals surface area contributed by atoms with Gasteiger partial charge in [-0.25, -0.2) is 0 Å². The summed E-state index contributed by atoms with van der Waals surface area (Å²) in [6.45, 7) is 19.0. The smallest absolute Gasteiger partial charge is 0.0244 e. The second kappa shape index (κ2) is 6.75. The molecule has 1 heterocycles. The molecule has 0 amide bonds. The molecule has 0 aromatic carbocycles. The molecule has 0 aliphatic carbocycles. The first-order valence-electron chi connectivity index (χ1n) is 7.38. The van der Waals surface area contributed by atoms with Crippen LogP contribution < -0.4 is 5.32 Å². The van der Waals surface area contributed by atoms with Crippen molar-refractivity contribution >= 4 is 0 Å². The van der Waals surface area contributed by atoms with Crippen molar-refractivity contribution in [2.45, 2.75) is 47.6 Å². The zero-order valence-electron chi connectivity index (χ0n) is 12.7. The highest BCUT2D eigenvalue weighted by atomic mass is 15.2. The number of hydrogen-bond donors (Lipinski definition) is 1. The van der Waals surface area contributed by atoms with Gasteiger partial charge in [0.25, 0.3) is 0 Å². The van der Waals surface area contributed by atoms with Gasteiger partial charge in [-0.05, 0) is 23.7 Å². The predicted octanol–water partition coefficient (Wildman–Crippen LogP) is 2.84. The molecule has 17 heavy (non-hydrogen) atoms. The number of piperazine rings is 1. The van der Waals surface area contributed by atoms with Gasteiger partial charge in [-0.2, -0.15) is 0 Å². The van der Waals surface area contributed by atoms with Crippen LogP contribution in [0.4, 0.5) is 0 Å². The van der Waals surface area contributed by atoms with Gasteiger partial charge < -0.3 is 5.32 Å². The van der Waals surface area contributed by atoms with Crippen LogP contribution in [0.1, 0.15) is 41.5 Å². The molecule has 1 saturated heterocycles. The average molecular weight is 240 g/mol. The Hall–Kier alpha value is -0.0800. The third-order valence-electron chi connectivity index (χ3n) is 4.33. The molecule has 1 atom stereocenters. The monoisotopic (exact) mass is 240 g/mol. The molecule has 1 rings (SSSR count). The summed E-state index contributed by atoms with van der Waals surface area (Å²) in [4.78, 5) is 2.73. The lowest BCUT2D eigenvalue weighted by Crippen LogP contribution is -2.55. The summed E-state index contributed by atoms with van der Waals surface area (Å²) >= 11 is 0. The van der Waals surface area contributed by atoms with Crippen molar-refractivity contribution in [3.8, 4) is 0 Å². The summed E-state index contributed by atoms with van der Waals surface area (Å²) < 4.78 is 0. The van der Waals surface area contributed by atoms with Gasteiger partial charge in [0.05, 0.1) is 0 Å². The first kappa shape index (κ1) is 15.0. The highest BCUT2D eigenvalue weighted by molar-refractivity contribution is 4.84. The average Bonchev–Trinajstić information content (AvgIpc) is 2.25. The topological polar surface area (TPSA) is 15.3 Å². The minimum atomic E-state index is 0.726. The van der Waals surface area contributed by atoms with Crippen LogP contribution in [0.3, 0.4) is 0 Å². The minimum Gasteiger partial charge on any atom is -0.314 e. The number of hydrogen-bond acceptors (Lipinski definition) is 2. The van der Waals surface area contributed by atoms with Gasteiger partial charge in [0.2, 0.25) is 0 Å². The third-order valence-corrected chi connectivity index (χ3v) is 4.33. The van der Waals surface area contributed by atoms with E-state index in [-0.39, 0.29) is 0 Å². The maximum Gasteiger partial charge on any atom is 0.0244 e. The molecule has 0 aromatic rings. The molecule has 1 unspecified atom stereocenters. The second-order valence-corrected chi connectivity index (χ2v) is 6.66. The zero-order chi connectivity index (χ0) is 13.0. The highest BCUT2D eigenvalue weighted by Gasteiger charge is 2.28. The Kier molecular flexibility index (Phi) is 5.94. The first-order chi connectivity index (χ1) is 7.93. The molecule has 1 fully saturated rings. The molecular weight excluding hydrogens is 208 g/mol. The van der Waals surface area contributed by atoms with Crippen LogP contribution in [0.5, 0.6) is 0 Å². The van der Waals surface area contributed by atoms with E-state index in [1.54, 1.807) is 0 Å². The van der Waals surface area contributed by atoms with Crippen molar-refractivity contribution in [2.75, 3.05) is 26.2 Å². The molecule has 2 nitrogen and oxygen atoms in total. The van der Waals surface area contributed by atoms with E-state index in [1.165, 1.54) is 19.6 Å². The second-order valence-electron chi connectivity index (χ2n) is 6.66. The number of nitrogens with zero attached hydrogens (tertiary/aromatic N) is 1. The fourth-order valence-corrected chi connectivity index (χ4v) is 3.11. The molecule has 1 aliphatic heterocycles. The predicted molar refractivity (Wildman–Crippen MR) is 76.2 cm³/mol. The summed E-state index contributed by atoms with van der Waals surface area (Å²) in [5.41, 5.74) is 0. The van der Waals surface area contributed by atoms with Crippen molar-refractivity contribution in [3.63, 3.8) is 0 Å². The Labute approximate surface area is 108 Å². The summed E-state index contributed by atoms with van der Waals surface area (Å²) in [5, 5.41) is 3.54. The fraction of sp³-hybridized carbons (Fsp3) is 1.00. The van der Waals surface area contributed by atoms with E-state index in [0.29, 0.717) is 0 Å². The van der Waals surface area contributed by atoms with Crippen molar-refractivity contribution in [2.24, 2.45) is 23.7 Å². The van der Waals surface area contributed by atoms with E-state index in [2.05, 4.69) is 51.8 Å². The third kappa shape index (κ3) is 4.26. The standard InChI is InChI=1S/C15H32N2/c1-11(2)14(12(3)4)10-17-8-7-16-9-15(17)13(5)6/h11-16H,7-10H2,1-6H3. The van der Waals surface area contributed by atoms with Crippen molar-refractivity contribution < 1.29 is 0 Å². The molecule has 0 bridgehead atoms. The SMILES string of the molecule is CC(C)C(CN1CCNCC1C(C)C)C(C)C. The summed E-state index contributed by atoms with van der Waals surface area (Å²) in [7, 11) is 0. The van der Waals surface area contributed by atoms with Crippen LogP contribution in [0.25, 0.3) is 0 Å². The lowest BCUT2D eigenvalue weighted by atomic mass is 9.84. The fourth-order valence-electron chi connectivity index (χ4n) is 3.11.